The second-order valence-electron chi connectivity index (χ2n) is 4.92. The van der Waals surface area contributed by atoms with Gasteiger partial charge in [0.25, 0.3) is 5.56 Å². The predicted octanol–water partition coefficient (Wildman–Crippen LogP) is 0.201. The van der Waals surface area contributed by atoms with Crippen molar-refractivity contribution in [3.8, 4) is 22.5 Å². The monoisotopic (exact) mass is 342 g/mol. The minimum absolute atomic E-state index is 0.194. The van der Waals surface area contributed by atoms with Crippen molar-refractivity contribution in [1.82, 2.24) is 25.6 Å². The third kappa shape index (κ3) is 2.69. The molecule has 11 nitrogen and oxygen atoms in total. The summed E-state index contributed by atoms with van der Waals surface area (Å²) in [7, 11) is 0. The second-order valence-corrected chi connectivity index (χ2v) is 4.92. The first kappa shape index (κ1) is 15.9. The molecule has 11 heteroatoms. The first-order valence-electron chi connectivity index (χ1n) is 6.76. The van der Waals surface area contributed by atoms with Gasteiger partial charge in [0.15, 0.2) is 0 Å². The molecule has 0 saturated heterocycles. The molecule has 0 saturated carbocycles. The summed E-state index contributed by atoms with van der Waals surface area (Å²) in [5.74, 6) is -3.16. The Morgan fingerprint density at radius 1 is 1.00 bits per heavy atom. The SMILES string of the molecule is Nc1[nH]c(=O)c(C(=O)O)c(-c2ccc(-c3nn[nH]n3)cc2)c1C(=O)O. The molecule has 0 spiro atoms. The molecule has 0 aliphatic rings. The highest BCUT2D eigenvalue weighted by atomic mass is 16.4. The molecule has 3 rings (SSSR count). The first-order valence-corrected chi connectivity index (χ1v) is 6.76. The molecule has 0 atom stereocenters. The van der Waals surface area contributed by atoms with Crippen LogP contribution in [0.2, 0.25) is 0 Å². The topological polar surface area (TPSA) is 188 Å². The fourth-order valence-corrected chi connectivity index (χ4v) is 2.41. The highest BCUT2D eigenvalue weighted by molar-refractivity contribution is 6.07. The van der Waals surface area contributed by atoms with Crippen molar-refractivity contribution in [2.75, 3.05) is 5.73 Å². The van der Waals surface area contributed by atoms with E-state index in [1.165, 1.54) is 24.3 Å². The number of hydrogen-bond acceptors (Lipinski definition) is 7. The summed E-state index contributed by atoms with van der Waals surface area (Å²) < 4.78 is 0. The lowest BCUT2D eigenvalue weighted by Crippen LogP contribution is -2.24. The third-order valence-electron chi connectivity index (χ3n) is 3.45. The van der Waals surface area contributed by atoms with E-state index in [1.807, 2.05) is 4.98 Å². The minimum Gasteiger partial charge on any atom is -0.478 e. The lowest BCUT2D eigenvalue weighted by Gasteiger charge is -2.12. The summed E-state index contributed by atoms with van der Waals surface area (Å²) in [5, 5.41) is 32.0. The van der Waals surface area contributed by atoms with Gasteiger partial charge < -0.3 is 20.9 Å². The number of nitrogen functional groups attached to an aromatic ring is 1. The van der Waals surface area contributed by atoms with Crippen LogP contribution in [0.3, 0.4) is 0 Å². The van der Waals surface area contributed by atoms with Gasteiger partial charge in [-0.1, -0.05) is 24.3 Å². The van der Waals surface area contributed by atoms with Gasteiger partial charge in [-0.15, -0.1) is 10.2 Å². The number of aromatic carboxylic acids is 2. The Morgan fingerprint density at radius 3 is 2.12 bits per heavy atom. The van der Waals surface area contributed by atoms with Crippen molar-refractivity contribution in [3.63, 3.8) is 0 Å². The van der Waals surface area contributed by atoms with Crippen molar-refractivity contribution in [1.29, 1.82) is 0 Å². The third-order valence-corrected chi connectivity index (χ3v) is 3.45. The lowest BCUT2D eigenvalue weighted by molar-refractivity contribution is 0.0695. The Kier molecular flexibility index (Phi) is 3.73. The largest absolute Gasteiger partial charge is 0.478 e. The van der Waals surface area contributed by atoms with Crippen LogP contribution in [0, 0.1) is 0 Å². The van der Waals surface area contributed by atoms with Gasteiger partial charge in [-0.25, -0.2) is 9.59 Å². The Bertz CT molecular complexity index is 1020. The van der Waals surface area contributed by atoms with E-state index in [9.17, 15) is 24.6 Å². The number of aromatic amines is 2. The molecular weight excluding hydrogens is 332 g/mol. The number of pyridine rings is 1. The molecule has 1 aromatic carbocycles. The maximum atomic E-state index is 12.0. The van der Waals surface area contributed by atoms with E-state index in [0.717, 1.165) is 0 Å². The molecule has 0 bridgehead atoms. The summed E-state index contributed by atoms with van der Waals surface area (Å²) in [4.78, 5) is 37.0. The van der Waals surface area contributed by atoms with Crippen molar-refractivity contribution in [2.45, 2.75) is 0 Å². The Morgan fingerprint density at radius 2 is 1.60 bits per heavy atom. The van der Waals surface area contributed by atoms with Gasteiger partial charge in [0, 0.05) is 11.1 Å². The second kappa shape index (κ2) is 5.88. The number of aromatic nitrogens is 5. The summed E-state index contributed by atoms with van der Waals surface area (Å²) >= 11 is 0. The fourth-order valence-electron chi connectivity index (χ4n) is 2.41. The van der Waals surface area contributed by atoms with Crippen LogP contribution in [-0.2, 0) is 0 Å². The molecule has 0 amide bonds. The number of nitrogens with two attached hydrogens (primary N) is 1. The maximum Gasteiger partial charge on any atom is 0.342 e. The summed E-state index contributed by atoms with van der Waals surface area (Å²) in [5.41, 5.74) is 3.85. The first-order chi connectivity index (χ1) is 11.9. The molecule has 0 aliphatic heterocycles. The number of nitrogens with zero attached hydrogens (tertiary/aromatic N) is 3. The number of carbonyl (C=O) groups is 2. The smallest absolute Gasteiger partial charge is 0.342 e. The van der Waals surface area contributed by atoms with E-state index in [2.05, 4.69) is 20.6 Å². The molecule has 6 N–H and O–H groups in total. The quantitative estimate of drug-likeness (QED) is 0.441. The van der Waals surface area contributed by atoms with Gasteiger partial charge in [0.2, 0.25) is 5.82 Å². The lowest BCUT2D eigenvalue weighted by atomic mass is 9.94. The van der Waals surface area contributed by atoms with Crippen molar-refractivity contribution in [3.05, 3.63) is 45.7 Å². The van der Waals surface area contributed by atoms with Gasteiger partial charge in [0.05, 0.1) is 0 Å². The number of H-pyrrole nitrogens is 2. The van der Waals surface area contributed by atoms with E-state index >= 15 is 0 Å². The highest BCUT2D eigenvalue weighted by Gasteiger charge is 2.26. The predicted molar refractivity (Wildman–Crippen MR) is 84.0 cm³/mol. The number of rotatable bonds is 4. The van der Waals surface area contributed by atoms with E-state index in [-0.39, 0.29) is 11.1 Å². The van der Waals surface area contributed by atoms with Crippen LogP contribution in [0.4, 0.5) is 5.82 Å². The molecular formula is C14H10N6O5. The van der Waals surface area contributed by atoms with Gasteiger partial charge in [-0.3, -0.25) is 4.79 Å². The molecule has 126 valence electrons. The van der Waals surface area contributed by atoms with Gasteiger partial charge >= 0.3 is 11.9 Å². The highest BCUT2D eigenvalue weighted by Crippen LogP contribution is 2.30. The van der Waals surface area contributed by atoms with Crippen LogP contribution in [0.1, 0.15) is 20.7 Å². The summed E-state index contributed by atoms with van der Waals surface area (Å²) in [6.45, 7) is 0. The summed E-state index contributed by atoms with van der Waals surface area (Å²) in [6.07, 6.45) is 0. The fraction of sp³-hybridized carbons (Fsp3) is 0. The molecule has 3 aromatic rings. The van der Waals surface area contributed by atoms with Crippen molar-refractivity contribution < 1.29 is 19.8 Å². The number of carboxylic acids is 2. The zero-order valence-corrected chi connectivity index (χ0v) is 12.3. The van der Waals surface area contributed by atoms with Crippen LogP contribution < -0.4 is 11.3 Å². The Balaban J connectivity index is 2.27. The maximum absolute atomic E-state index is 12.0. The van der Waals surface area contributed by atoms with E-state index in [1.54, 1.807) is 0 Å². The normalized spacial score (nSPS) is 10.6. The van der Waals surface area contributed by atoms with E-state index in [4.69, 9.17) is 5.73 Å². The van der Waals surface area contributed by atoms with E-state index < -0.39 is 34.4 Å². The molecule has 0 unspecified atom stereocenters. The zero-order chi connectivity index (χ0) is 18.1. The molecule has 25 heavy (non-hydrogen) atoms. The number of hydrogen-bond donors (Lipinski definition) is 5. The number of anilines is 1. The van der Waals surface area contributed by atoms with Gasteiger partial charge in [-0.2, -0.15) is 5.21 Å². The number of tetrazole rings is 1. The number of benzene rings is 1. The number of nitrogens with one attached hydrogen (secondary N) is 2. The van der Waals surface area contributed by atoms with Crippen LogP contribution in [-0.4, -0.2) is 47.8 Å². The molecule has 0 fully saturated rings. The average molecular weight is 342 g/mol. The Hall–Kier alpha value is -4.02. The molecule has 0 radical (unpaired) electrons. The summed E-state index contributed by atoms with van der Waals surface area (Å²) in [6, 6.07) is 5.96. The van der Waals surface area contributed by atoms with Gasteiger partial charge in [-0.05, 0) is 10.8 Å². The van der Waals surface area contributed by atoms with Crippen LogP contribution >= 0.6 is 0 Å². The van der Waals surface area contributed by atoms with Crippen molar-refractivity contribution >= 4 is 17.8 Å². The Labute approximate surface area is 138 Å². The minimum atomic E-state index is -1.57. The average Bonchev–Trinajstić information content (AvgIpc) is 3.07. The van der Waals surface area contributed by atoms with Crippen LogP contribution in [0.5, 0.6) is 0 Å². The van der Waals surface area contributed by atoms with Crippen molar-refractivity contribution in [2.24, 2.45) is 0 Å². The standard InChI is InChI=1S/C14H10N6O5/c15-10-8(13(22)23)7(9(14(24)25)12(21)16-10)5-1-3-6(4-2-5)11-17-19-20-18-11/h1-4H,(H,22,23)(H,24,25)(H3,15,16,21)(H,17,18,19,20). The van der Waals surface area contributed by atoms with E-state index in [0.29, 0.717) is 11.4 Å². The number of carboxylic acid groups (broad SMARTS) is 2. The van der Waals surface area contributed by atoms with Crippen LogP contribution in [0.25, 0.3) is 22.5 Å². The van der Waals surface area contributed by atoms with Crippen LogP contribution in [0.15, 0.2) is 29.1 Å². The molecule has 2 aromatic heterocycles. The zero-order valence-electron chi connectivity index (χ0n) is 12.3. The molecule has 0 aliphatic carbocycles. The van der Waals surface area contributed by atoms with Gasteiger partial charge in [0.1, 0.15) is 16.9 Å². The molecule has 2 heterocycles.